The quantitative estimate of drug-likeness (QED) is 0.563. The van der Waals surface area contributed by atoms with Crippen molar-refractivity contribution in [3.8, 4) is 5.75 Å². The van der Waals surface area contributed by atoms with E-state index in [9.17, 15) is 18.0 Å². The van der Waals surface area contributed by atoms with E-state index in [1.165, 1.54) is 12.1 Å². The predicted octanol–water partition coefficient (Wildman–Crippen LogP) is 3.35. The van der Waals surface area contributed by atoms with E-state index in [2.05, 4.69) is 15.2 Å². The number of para-hydroxylation sites is 1. The van der Waals surface area contributed by atoms with Gasteiger partial charge in [0.1, 0.15) is 11.9 Å². The SMILES string of the molecule is CN1CCC(Oc2ccc(Cl)c(C(=O)NC(=O)N(c3nc4ccccc4s3)S(C)(=O)=O)c2)C1. The third kappa shape index (κ3) is 5.27. The topological polar surface area (TPSA) is 109 Å². The Morgan fingerprint density at radius 3 is 2.70 bits per heavy atom. The third-order valence-corrected chi connectivity index (χ3v) is 7.49. The summed E-state index contributed by atoms with van der Waals surface area (Å²) >= 11 is 7.20. The largest absolute Gasteiger partial charge is 0.489 e. The summed E-state index contributed by atoms with van der Waals surface area (Å²) in [6.45, 7) is 1.67. The molecule has 1 aromatic heterocycles. The first-order valence-electron chi connectivity index (χ1n) is 9.98. The van der Waals surface area contributed by atoms with Gasteiger partial charge in [0.2, 0.25) is 15.2 Å². The summed E-state index contributed by atoms with van der Waals surface area (Å²) < 4.78 is 31.9. The molecule has 1 fully saturated rings. The fraction of sp³-hybridized carbons (Fsp3) is 0.286. The van der Waals surface area contributed by atoms with Crippen LogP contribution in [0.25, 0.3) is 10.2 Å². The Kier molecular flexibility index (Phi) is 6.57. The van der Waals surface area contributed by atoms with Crippen molar-refractivity contribution in [1.82, 2.24) is 15.2 Å². The third-order valence-electron chi connectivity index (χ3n) is 5.03. The van der Waals surface area contributed by atoms with E-state index < -0.39 is 22.0 Å². The normalized spacial score (nSPS) is 16.6. The van der Waals surface area contributed by atoms with Gasteiger partial charge in [-0.15, -0.1) is 0 Å². The Balaban J connectivity index is 1.56. The molecule has 1 saturated heterocycles. The number of carbonyl (C=O) groups is 2. The number of anilines is 1. The van der Waals surface area contributed by atoms with Crippen LogP contribution in [0.4, 0.5) is 9.93 Å². The summed E-state index contributed by atoms with van der Waals surface area (Å²) in [6, 6.07) is 10.4. The monoisotopic (exact) mass is 508 g/mol. The van der Waals surface area contributed by atoms with Crippen LogP contribution < -0.4 is 14.4 Å². The fourth-order valence-corrected chi connectivity index (χ4v) is 5.74. The zero-order valence-corrected chi connectivity index (χ0v) is 20.2. The Morgan fingerprint density at radius 2 is 2.03 bits per heavy atom. The number of hydrogen-bond donors (Lipinski definition) is 1. The number of imide groups is 1. The minimum atomic E-state index is -4.08. The van der Waals surface area contributed by atoms with Crippen LogP contribution in [0.3, 0.4) is 0 Å². The number of amides is 3. The van der Waals surface area contributed by atoms with Gasteiger partial charge in [0.05, 0.1) is 27.1 Å². The maximum atomic E-state index is 12.9. The Hall–Kier alpha value is -2.73. The standard InChI is InChI=1S/C21H21ClN4O5S2/c1-25-10-9-14(12-25)31-13-7-8-16(22)15(11-13)19(27)24-20(28)26(33(2,29)30)21-23-17-5-3-4-6-18(17)32-21/h3-8,11,14H,9-10,12H2,1-2H3,(H,24,27,28). The number of fused-ring (bicyclic) bond motifs is 1. The van der Waals surface area contributed by atoms with E-state index in [-0.39, 0.29) is 21.8 Å². The van der Waals surface area contributed by atoms with E-state index in [1.807, 2.05) is 7.05 Å². The van der Waals surface area contributed by atoms with Crippen molar-refractivity contribution in [2.75, 3.05) is 30.7 Å². The number of sulfonamides is 1. The number of ether oxygens (including phenoxy) is 1. The van der Waals surface area contributed by atoms with Crippen molar-refractivity contribution in [3.63, 3.8) is 0 Å². The number of rotatable bonds is 5. The van der Waals surface area contributed by atoms with Crippen molar-refractivity contribution in [3.05, 3.63) is 53.1 Å². The lowest BCUT2D eigenvalue weighted by atomic mass is 10.2. The first-order valence-corrected chi connectivity index (χ1v) is 13.0. The molecular formula is C21H21ClN4O5S2. The second kappa shape index (κ2) is 9.26. The van der Waals surface area contributed by atoms with E-state index in [4.69, 9.17) is 16.3 Å². The van der Waals surface area contributed by atoms with Crippen LogP contribution in [-0.2, 0) is 10.0 Å². The van der Waals surface area contributed by atoms with Gasteiger partial charge in [-0.2, -0.15) is 4.31 Å². The molecule has 2 heterocycles. The minimum Gasteiger partial charge on any atom is -0.489 e. The maximum absolute atomic E-state index is 12.9. The van der Waals surface area contributed by atoms with Crippen molar-refractivity contribution >= 4 is 60.2 Å². The highest BCUT2D eigenvalue weighted by atomic mass is 35.5. The number of nitrogens with one attached hydrogen (secondary N) is 1. The second-order valence-electron chi connectivity index (χ2n) is 7.68. The Bertz CT molecular complexity index is 1290. The van der Waals surface area contributed by atoms with Crippen LogP contribution >= 0.6 is 22.9 Å². The van der Waals surface area contributed by atoms with Crippen LogP contribution in [0.5, 0.6) is 5.75 Å². The van der Waals surface area contributed by atoms with Crippen LogP contribution in [0.1, 0.15) is 16.8 Å². The molecule has 1 aliphatic rings. The van der Waals surface area contributed by atoms with Crippen molar-refractivity contribution in [2.24, 2.45) is 0 Å². The van der Waals surface area contributed by atoms with Gasteiger partial charge in [-0.05, 0) is 43.8 Å². The number of likely N-dealkylation sites (N-methyl/N-ethyl adjacent to an activating group) is 1. The molecule has 2 aromatic carbocycles. The first-order chi connectivity index (χ1) is 15.6. The van der Waals surface area contributed by atoms with Crippen LogP contribution in [0.2, 0.25) is 5.02 Å². The molecule has 1 unspecified atom stereocenters. The summed E-state index contributed by atoms with van der Waals surface area (Å²) in [5, 5.41) is 2.13. The second-order valence-corrected chi connectivity index (χ2v) is 10.9. The van der Waals surface area contributed by atoms with Crippen LogP contribution in [0, 0.1) is 0 Å². The number of hydrogen-bond acceptors (Lipinski definition) is 8. The minimum absolute atomic E-state index is 0.00776. The number of nitrogens with zero attached hydrogens (tertiary/aromatic N) is 3. The Morgan fingerprint density at radius 1 is 1.27 bits per heavy atom. The molecule has 3 aromatic rings. The number of aromatic nitrogens is 1. The summed E-state index contributed by atoms with van der Waals surface area (Å²) in [5.41, 5.74) is 0.530. The lowest BCUT2D eigenvalue weighted by Crippen LogP contribution is -2.45. The van der Waals surface area contributed by atoms with Gasteiger partial charge in [0.25, 0.3) is 5.91 Å². The van der Waals surface area contributed by atoms with Gasteiger partial charge in [-0.3, -0.25) is 10.1 Å². The van der Waals surface area contributed by atoms with Gasteiger partial charge in [0, 0.05) is 13.1 Å². The van der Waals surface area contributed by atoms with Crippen LogP contribution in [-0.4, -0.2) is 62.7 Å². The van der Waals surface area contributed by atoms with E-state index in [0.29, 0.717) is 20.3 Å². The zero-order chi connectivity index (χ0) is 23.8. The number of benzene rings is 2. The van der Waals surface area contributed by atoms with Gasteiger partial charge in [0.15, 0.2) is 0 Å². The number of likely N-dealkylation sites (tertiary alicyclic amines) is 1. The summed E-state index contributed by atoms with van der Waals surface area (Å²) in [7, 11) is -2.08. The number of urea groups is 1. The average Bonchev–Trinajstić information content (AvgIpc) is 3.33. The van der Waals surface area contributed by atoms with E-state index >= 15 is 0 Å². The number of thiazole rings is 1. The van der Waals surface area contributed by atoms with Gasteiger partial charge in [-0.25, -0.2) is 18.2 Å². The molecule has 3 amide bonds. The molecule has 12 heteroatoms. The van der Waals surface area contributed by atoms with Crippen molar-refractivity contribution in [2.45, 2.75) is 12.5 Å². The van der Waals surface area contributed by atoms with Crippen molar-refractivity contribution < 1.29 is 22.7 Å². The van der Waals surface area contributed by atoms with E-state index in [1.54, 1.807) is 30.3 Å². The fourth-order valence-electron chi connectivity index (χ4n) is 3.48. The molecule has 9 nitrogen and oxygen atoms in total. The molecule has 0 aliphatic carbocycles. The molecule has 0 bridgehead atoms. The molecule has 0 saturated carbocycles. The number of carbonyl (C=O) groups excluding carboxylic acids is 2. The highest BCUT2D eigenvalue weighted by Gasteiger charge is 2.31. The van der Waals surface area contributed by atoms with Gasteiger partial charge < -0.3 is 9.64 Å². The summed E-state index contributed by atoms with van der Waals surface area (Å²) in [5.74, 6) is -0.419. The molecule has 33 heavy (non-hydrogen) atoms. The lowest BCUT2D eigenvalue weighted by Gasteiger charge is -2.18. The molecule has 1 aliphatic heterocycles. The first kappa shape index (κ1) is 23.4. The maximum Gasteiger partial charge on any atom is 0.344 e. The molecule has 1 atom stereocenters. The molecule has 1 N–H and O–H groups in total. The lowest BCUT2D eigenvalue weighted by molar-refractivity contribution is 0.0965. The molecule has 4 rings (SSSR count). The Labute approximate surface area is 200 Å². The predicted molar refractivity (Wildman–Crippen MR) is 128 cm³/mol. The van der Waals surface area contributed by atoms with Gasteiger partial charge in [-0.1, -0.05) is 35.1 Å². The molecular weight excluding hydrogens is 488 g/mol. The zero-order valence-electron chi connectivity index (χ0n) is 17.8. The van der Waals surface area contributed by atoms with Crippen molar-refractivity contribution in [1.29, 1.82) is 0 Å². The molecule has 0 radical (unpaired) electrons. The summed E-state index contributed by atoms with van der Waals surface area (Å²) in [6.07, 6.45) is 1.70. The molecule has 174 valence electrons. The number of halogens is 1. The van der Waals surface area contributed by atoms with Crippen LogP contribution in [0.15, 0.2) is 42.5 Å². The van der Waals surface area contributed by atoms with Gasteiger partial charge >= 0.3 is 6.03 Å². The van der Waals surface area contributed by atoms with E-state index in [0.717, 1.165) is 37.1 Å². The summed E-state index contributed by atoms with van der Waals surface area (Å²) in [4.78, 5) is 32.0. The molecule has 0 spiro atoms. The highest BCUT2D eigenvalue weighted by Crippen LogP contribution is 2.30. The average molecular weight is 509 g/mol. The smallest absolute Gasteiger partial charge is 0.344 e. The highest BCUT2D eigenvalue weighted by molar-refractivity contribution is 7.93.